The number of hydrogen-bond acceptors (Lipinski definition) is 6. The molecule has 0 amide bonds. The molecule has 1 unspecified atom stereocenters. The van der Waals surface area contributed by atoms with Crippen LogP contribution in [-0.4, -0.2) is 37.2 Å². The number of ether oxygens (including phenoxy) is 3. The van der Waals surface area contributed by atoms with E-state index in [0.717, 1.165) is 89.9 Å². The van der Waals surface area contributed by atoms with Crippen molar-refractivity contribution in [2.45, 2.75) is 303 Å². The van der Waals surface area contributed by atoms with Gasteiger partial charge in [-0.1, -0.05) is 255 Å². The van der Waals surface area contributed by atoms with E-state index in [-0.39, 0.29) is 31.1 Å². The molecule has 6 heteroatoms. The maximum Gasteiger partial charge on any atom is 0.306 e. The van der Waals surface area contributed by atoms with Crippen LogP contribution >= 0.6 is 0 Å². The fourth-order valence-corrected chi connectivity index (χ4v) is 8.37. The maximum absolute atomic E-state index is 12.8. The lowest BCUT2D eigenvalue weighted by Crippen LogP contribution is -2.30. The summed E-state index contributed by atoms with van der Waals surface area (Å²) < 4.78 is 16.8. The molecule has 0 aliphatic heterocycles. The number of hydrogen-bond donors (Lipinski definition) is 0. The van der Waals surface area contributed by atoms with Crippen LogP contribution in [0.15, 0.2) is 60.8 Å². The first-order valence-corrected chi connectivity index (χ1v) is 29.3. The highest BCUT2D eigenvalue weighted by molar-refractivity contribution is 5.71. The van der Waals surface area contributed by atoms with Crippen LogP contribution in [-0.2, 0) is 28.6 Å². The second-order valence-electron chi connectivity index (χ2n) is 19.5. The molecule has 0 saturated carbocycles. The van der Waals surface area contributed by atoms with Crippen molar-refractivity contribution in [2.75, 3.05) is 13.2 Å². The molecule has 0 aliphatic carbocycles. The van der Waals surface area contributed by atoms with Crippen LogP contribution in [0.3, 0.4) is 0 Å². The van der Waals surface area contributed by atoms with Gasteiger partial charge in [-0.05, 0) is 83.5 Å². The third-order valence-electron chi connectivity index (χ3n) is 12.8. The summed E-state index contributed by atoms with van der Waals surface area (Å²) in [6.07, 6.45) is 71.1. The molecule has 0 aromatic carbocycles. The van der Waals surface area contributed by atoms with E-state index in [0.29, 0.717) is 19.3 Å². The van der Waals surface area contributed by atoms with Gasteiger partial charge < -0.3 is 14.2 Å². The molecule has 0 aromatic rings. The zero-order valence-corrected chi connectivity index (χ0v) is 45.1. The number of esters is 3. The van der Waals surface area contributed by atoms with E-state index in [1.807, 2.05) is 0 Å². The van der Waals surface area contributed by atoms with Gasteiger partial charge in [0.1, 0.15) is 13.2 Å². The van der Waals surface area contributed by atoms with E-state index in [2.05, 4.69) is 81.5 Å². The normalized spacial score (nSPS) is 12.5. The van der Waals surface area contributed by atoms with Crippen LogP contribution in [0.25, 0.3) is 0 Å². The van der Waals surface area contributed by atoms with Crippen LogP contribution in [0.5, 0.6) is 0 Å². The summed E-state index contributed by atoms with van der Waals surface area (Å²) in [5, 5.41) is 0. The lowest BCUT2D eigenvalue weighted by atomic mass is 10.0. The van der Waals surface area contributed by atoms with Gasteiger partial charge in [-0.2, -0.15) is 0 Å². The van der Waals surface area contributed by atoms with E-state index in [4.69, 9.17) is 14.2 Å². The Labute approximate surface area is 421 Å². The molecule has 1 atom stereocenters. The molecule has 0 N–H and O–H groups in total. The van der Waals surface area contributed by atoms with Crippen LogP contribution in [0.4, 0.5) is 0 Å². The molecule has 0 aliphatic rings. The SMILES string of the molecule is CC/C=C\C/C=C\C/C=C\CCCCCCCCCC(=O)OC(COC(=O)CCCCCCCC)COC(=O)CCCCCCCCCCCCCCCCC/C=C\C/C=C\CCCCCCC. The Morgan fingerprint density at radius 1 is 0.309 bits per heavy atom. The molecule has 0 radical (unpaired) electrons. The first-order valence-electron chi connectivity index (χ1n) is 29.3. The highest BCUT2D eigenvalue weighted by Crippen LogP contribution is 2.16. The average molecular weight is 952 g/mol. The molecule has 6 nitrogen and oxygen atoms in total. The summed E-state index contributed by atoms with van der Waals surface area (Å²) in [6, 6.07) is 0. The van der Waals surface area contributed by atoms with Crippen molar-refractivity contribution in [3.63, 3.8) is 0 Å². The van der Waals surface area contributed by atoms with Crippen molar-refractivity contribution < 1.29 is 28.6 Å². The summed E-state index contributed by atoms with van der Waals surface area (Å²) in [5.74, 6) is -0.887. The van der Waals surface area contributed by atoms with Crippen LogP contribution in [0.2, 0.25) is 0 Å². The Hall–Kier alpha value is -2.89. The minimum atomic E-state index is -0.775. The van der Waals surface area contributed by atoms with Crippen LogP contribution in [0, 0.1) is 0 Å². The Balaban J connectivity index is 4.07. The molecule has 0 aromatic heterocycles. The fourth-order valence-electron chi connectivity index (χ4n) is 8.37. The number of unbranched alkanes of at least 4 members (excludes halogenated alkanes) is 32. The highest BCUT2D eigenvalue weighted by atomic mass is 16.6. The van der Waals surface area contributed by atoms with E-state index >= 15 is 0 Å². The van der Waals surface area contributed by atoms with Gasteiger partial charge in [-0.3, -0.25) is 14.4 Å². The quantitative estimate of drug-likeness (QED) is 0.0262. The lowest BCUT2D eigenvalue weighted by molar-refractivity contribution is -0.167. The van der Waals surface area contributed by atoms with Gasteiger partial charge in [-0.25, -0.2) is 0 Å². The van der Waals surface area contributed by atoms with E-state index in [9.17, 15) is 14.4 Å². The number of rotatable bonds is 53. The number of allylic oxidation sites excluding steroid dienone is 10. The zero-order chi connectivity index (χ0) is 49.3. The molecule has 0 spiro atoms. The second-order valence-corrected chi connectivity index (χ2v) is 19.5. The molecular formula is C62H110O6. The van der Waals surface area contributed by atoms with Gasteiger partial charge in [0.2, 0.25) is 0 Å². The van der Waals surface area contributed by atoms with Crippen molar-refractivity contribution in [3.8, 4) is 0 Å². The van der Waals surface area contributed by atoms with E-state index < -0.39 is 6.10 Å². The Morgan fingerprint density at radius 2 is 0.574 bits per heavy atom. The third kappa shape index (κ3) is 54.1. The van der Waals surface area contributed by atoms with Gasteiger partial charge in [0.15, 0.2) is 6.10 Å². The predicted molar refractivity (Wildman–Crippen MR) is 293 cm³/mol. The molecule has 0 saturated heterocycles. The van der Waals surface area contributed by atoms with Gasteiger partial charge >= 0.3 is 17.9 Å². The number of carbonyl (C=O) groups excluding carboxylic acids is 3. The van der Waals surface area contributed by atoms with Crippen molar-refractivity contribution >= 4 is 17.9 Å². The zero-order valence-electron chi connectivity index (χ0n) is 45.1. The molecule has 394 valence electrons. The molecule has 68 heavy (non-hydrogen) atoms. The smallest absolute Gasteiger partial charge is 0.306 e. The summed E-state index contributed by atoms with van der Waals surface area (Å²) in [7, 11) is 0. The Bertz CT molecular complexity index is 1230. The van der Waals surface area contributed by atoms with Gasteiger partial charge in [0.25, 0.3) is 0 Å². The first-order chi connectivity index (χ1) is 33.5. The Kier molecular flexibility index (Phi) is 54.3. The molecule has 0 bridgehead atoms. The van der Waals surface area contributed by atoms with Crippen molar-refractivity contribution in [2.24, 2.45) is 0 Å². The minimum absolute atomic E-state index is 0.0763. The fraction of sp³-hybridized carbons (Fsp3) is 0.790. The topological polar surface area (TPSA) is 78.9 Å². The van der Waals surface area contributed by atoms with Crippen molar-refractivity contribution in [3.05, 3.63) is 60.8 Å². The maximum atomic E-state index is 12.8. The minimum Gasteiger partial charge on any atom is -0.462 e. The highest BCUT2D eigenvalue weighted by Gasteiger charge is 2.19. The molecule has 0 fully saturated rings. The first kappa shape index (κ1) is 65.1. The standard InChI is InChI=1S/C62H110O6/c1-4-7-10-13-16-18-20-22-24-26-27-28-29-30-31-32-33-34-35-37-38-40-42-44-46-49-52-55-61(64)67-58-59(57-66-60(63)54-51-48-15-12-9-6-3)68-62(65)56-53-50-47-45-43-41-39-36-25-23-21-19-17-14-11-8-5-2/h8,11,17,19-20,22-23,25-27,59H,4-7,9-10,12-16,18,21,24,28-58H2,1-3H3/b11-8-,19-17-,22-20-,25-23-,27-26-. The van der Waals surface area contributed by atoms with Crippen LogP contribution < -0.4 is 0 Å². The molecular weight excluding hydrogens is 841 g/mol. The van der Waals surface area contributed by atoms with Crippen molar-refractivity contribution in [1.29, 1.82) is 0 Å². The van der Waals surface area contributed by atoms with Gasteiger partial charge in [-0.15, -0.1) is 0 Å². The van der Waals surface area contributed by atoms with E-state index in [1.54, 1.807) is 0 Å². The summed E-state index contributed by atoms with van der Waals surface area (Å²) in [4.78, 5) is 37.9. The predicted octanol–water partition coefficient (Wildman–Crippen LogP) is 19.6. The lowest BCUT2D eigenvalue weighted by Gasteiger charge is -2.18. The summed E-state index contributed by atoms with van der Waals surface area (Å²) >= 11 is 0. The third-order valence-corrected chi connectivity index (χ3v) is 12.8. The van der Waals surface area contributed by atoms with Gasteiger partial charge in [0, 0.05) is 19.3 Å². The average Bonchev–Trinajstić information content (AvgIpc) is 3.34. The number of carbonyl (C=O) groups is 3. The summed E-state index contributed by atoms with van der Waals surface area (Å²) in [5.41, 5.74) is 0. The van der Waals surface area contributed by atoms with Gasteiger partial charge in [0.05, 0.1) is 0 Å². The second kappa shape index (κ2) is 56.7. The molecule has 0 heterocycles. The van der Waals surface area contributed by atoms with Crippen LogP contribution in [0.1, 0.15) is 297 Å². The molecule has 0 rings (SSSR count). The van der Waals surface area contributed by atoms with Crippen molar-refractivity contribution in [1.82, 2.24) is 0 Å². The Morgan fingerprint density at radius 3 is 0.897 bits per heavy atom. The monoisotopic (exact) mass is 951 g/mol. The largest absolute Gasteiger partial charge is 0.462 e. The van der Waals surface area contributed by atoms with E-state index in [1.165, 1.54) is 167 Å². The summed E-state index contributed by atoms with van der Waals surface area (Å²) in [6.45, 7) is 6.47.